The quantitative estimate of drug-likeness (QED) is 0.752. The molecule has 108 valence electrons. The topological polar surface area (TPSA) is 77.7 Å². The van der Waals surface area contributed by atoms with Gasteiger partial charge in [-0.15, -0.1) is 10.2 Å². The van der Waals surface area contributed by atoms with E-state index in [2.05, 4.69) is 15.2 Å². The molecule has 0 radical (unpaired) electrons. The van der Waals surface area contributed by atoms with E-state index in [4.69, 9.17) is 0 Å². The van der Waals surface area contributed by atoms with Crippen LogP contribution in [0, 0.1) is 0 Å². The minimum Gasteiger partial charge on any atom is -0.302 e. The molecule has 0 saturated heterocycles. The van der Waals surface area contributed by atoms with Gasteiger partial charge >= 0.3 is 0 Å². The maximum atomic E-state index is 11.1. The molecule has 0 spiro atoms. The largest absolute Gasteiger partial charge is 0.302 e. The van der Waals surface area contributed by atoms with Gasteiger partial charge in [0.1, 0.15) is 9.84 Å². The van der Waals surface area contributed by atoms with E-state index in [0.29, 0.717) is 5.75 Å². The predicted molar refractivity (Wildman–Crippen MR) is 79.4 cm³/mol. The second-order valence-corrected chi connectivity index (χ2v) is 7.59. The lowest BCUT2D eigenvalue weighted by molar-refractivity contribution is 0.603. The summed E-state index contributed by atoms with van der Waals surface area (Å²) in [4.78, 5) is 3.98. The van der Waals surface area contributed by atoms with Gasteiger partial charge in [-0.3, -0.25) is 4.98 Å². The highest BCUT2D eigenvalue weighted by Gasteiger charge is 2.13. The van der Waals surface area contributed by atoms with Crippen LogP contribution in [0.15, 0.2) is 29.7 Å². The summed E-state index contributed by atoms with van der Waals surface area (Å²) in [6.07, 6.45) is 4.65. The Kier molecular flexibility index (Phi) is 4.77. The first kappa shape index (κ1) is 15.0. The monoisotopic (exact) mass is 312 g/mol. The molecule has 20 heavy (non-hydrogen) atoms. The lowest BCUT2D eigenvalue weighted by atomic mass is 10.2. The van der Waals surface area contributed by atoms with E-state index in [-0.39, 0.29) is 5.75 Å². The molecule has 0 atom stereocenters. The van der Waals surface area contributed by atoms with Crippen molar-refractivity contribution in [3.05, 3.63) is 24.5 Å². The zero-order chi connectivity index (χ0) is 14.6. The maximum Gasteiger partial charge on any atom is 0.191 e. The summed E-state index contributed by atoms with van der Waals surface area (Å²) in [5.41, 5.74) is 0.948. The smallest absolute Gasteiger partial charge is 0.191 e. The van der Waals surface area contributed by atoms with Crippen molar-refractivity contribution in [1.82, 2.24) is 19.7 Å². The number of thioether (sulfide) groups is 1. The molecule has 0 aliphatic carbocycles. The van der Waals surface area contributed by atoms with Crippen molar-refractivity contribution < 1.29 is 8.42 Å². The van der Waals surface area contributed by atoms with Crippen molar-refractivity contribution in [2.45, 2.75) is 18.6 Å². The van der Waals surface area contributed by atoms with Crippen LogP contribution < -0.4 is 0 Å². The van der Waals surface area contributed by atoms with Crippen molar-refractivity contribution in [1.29, 1.82) is 0 Å². The first-order chi connectivity index (χ1) is 9.51. The standard InChI is InChI=1S/C12H16N4O2S2/c1-3-16-11(10-4-6-13-7-5-10)14-15-12(16)19-8-9-20(2,17)18/h4-7H,3,8-9H2,1-2H3. The van der Waals surface area contributed by atoms with Crippen molar-refractivity contribution in [2.75, 3.05) is 17.8 Å². The molecule has 2 aromatic heterocycles. The van der Waals surface area contributed by atoms with E-state index in [9.17, 15) is 8.42 Å². The summed E-state index contributed by atoms with van der Waals surface area (Å²) in [6.45, 7) is 2.74. The Bertz CT molecular complexity index is 668. The van der Waals surface area contributed by atoms with Crippen LogP contribution in [-0.4, -0.2) is 45.9 Å². The zero-order valence-corrected chi connectivity index (χ0v) is 13.0. The molecule has 0 aromatic carbocycles. The minimum atomic E-state index is -2.95. The van der Waals surface area contributed by atoms with Gasteiger partial charge in [-0.2, -0.15) is 0 Å². The molecule has 8 heteroatoms. The van der Waals surface area contributed by atoms with Gasteiger partial charge in [0.15, 0.2) is 11.0 Å². The van der Waals surface area contributed by atoms with Gasteiger partial charge < -0.3 is 4.57 Å². The van der Waals surface area contributed by atoms with Crippen LogP contribution >= 0.6 is 11.8 Å². The molecule has 6 nitrogen and oxygen atoms in total. The SMILES string of the molecule is CCn1c(SCCS(C)(=O)=O)nnc1-c1ccncc1. The molecule has 0 amide bonds. The molecule has 2 aromatic rings. The van der Waals surface area contributed by atoms with Gasteiger partial charge in [-0.25, -0.2) is 8.42 Å². The first-order valence-corrected chi connectivity index (χ1v) is 9.20. The summed E-state index contributed by atoms with van der Waals surface area (Å²) < 4.78 is 24.3. The van der Waals surface area contributed by atoms with Crippen LogP contribution in [-0.2, 0) is 16.4 Å². The number of rotatable bonds is 6. The van der Waals surface area contributed by atoms with Crippen LogP contribution in [0.25, 0.3) is 11.4 Å². The van der Waals surface area contributed by atoms with Crippen molar-refractivity contribution in [3.63, 3.8) is 0 Å². The summed E-state index contributed by atoms with van der Waals surface area (Å²) >= 11 is 1.41. The van der Waals surface area contributed by atoms with Crippen molar-refractivity contribution in [3.8, 4) is 11.4 Å². The second kappa shape index (κ2) is 6.36. The van der Waals surface area contributed by atoms with Crippen LogP contribution in [0.4, 0.5) is 0 Å². The van der Waals surface area contributed by atoms with Crippen LogP contribution in [0.2, 0.25) is 0 Å². The lowest BCUT2D eigenvalue weighted by Crippen LogP contribution is -2.06. The number of aromatic nitrogens is 4. The average Bonchev–Trinajstić information content (AvgIpc) is 2.81. The summed E-state index contributed by atoms with van der Waals surface area (Å²) in [6, 6.07) is 3.75. The van der Waals surface area contributed by atoms with Crippen molar-refractivity contribution in [2.24, 2.45) is 0 Å². The molecule has 0 aliphatic heterocycles. The third-order valence-electron chi connectivity index (χ3n) is 2.66. The van der Waals surface area contributed by atoms with Gasteiger partial charge in [0.2, 0.25) is 0 Å². The number of nitrogens with zero attached hydrogens (tertiary/aromatic N) is 4. The Morgan fingerprint density at radius 3 is 2.55 bits per heavy atom. The lowest BCUT2D eigenvalue weighted by Gasteiger charge is -2.06. The Morgan fingerprint density at radius 1 is 1.25 bits per heavy atom. The highest BCUT2D eigenvalue weighted by atomic mass is 32.2. The summed E-state index contributed by atoms with van der Waals surface area (Å²) in [5.74, 6) is 1.39. The molecule has 2 heterocycles. The van der Waals surface area contributed by atoms with Gasteiger partial charge in [0, 0.05) is 36.5 Å². The highest BCUT2D eigenvalue weighted by molar-refractivity contribution is 8.00. The fourth-order valence-electron chi connectivity index (χ4n) is 1.68. The normalized spacial score (nSPS) is 11.7. The van der Waals surface area contributed by atoms with E-state index >= 15 is 0 Å². The van der Waals surface area contributed by atoms with Crippen LogP contribution in [0.5, 0.6) is 0 Å². The first-order valence-electron chi connectivity index (χ1n) is 6.15. The summed E-state index contributed by atoms with van der Waals surface area (Å²) in [5, 5.41) is 9.07. The fourth-order valence-corrected chi connectivity index (χ4v) is 3.88. The molecule has 0 saturated carbocycles. The third kappa shape index (κ3) is 3.80. The van der Waals surface area contributed by atoms with Gasteiger partial charge in [-0.1, -0.05) is 11.8 Å². The van der Waals surface area contributed by atoms with E-state index in [1.165, 1.54) is 18.0 Å². The molecule has 0 N–H and O–H groups in total. The van der Waals surface area contributed by atoms with Gasteiger partial charge in [0.25, 0.3) is 0 Å². The van der Waals surface area contributed by atoms with E-state index in [0.717, 1.165) is 23.1 Å². The Morgan fingerprint density at radius 2 is 1.95 bits per heavy atom. The number of sulfone groups is 1. The van der Waals surface area contributed by atoms with E-state index in [1.807, 2.05) is 23.6 Å². The number of hydrogen-bond acceptors (Lipinski definition) is 6. The predicted octanol–water partition coefficient (Wildman–Crippen LogP) is 1.50. The Balaban J connectivity index is 2.18. The molecule has 0 aliphatic rings. The Hall–Kier alpha value is -1.41. The third-order valence-corrected chi connectivity index (χ3v) is 4.83. The van der Waals surface area contributed by atoms with Crippen LogP contribution in [0.1, 0.15) is 6.92 Å². The van der Waals surface area contributed by atoms with Gasteiger partial charge in [-0.05, 0) is 19.1 Å². The van der Waals surface area contributed by atoms with Crippen LogP contribution in [0.3, 0.4) is 0 Å². The van der Waals surface area contributed by atoms with Crippen molar-refractivity contribution >= 4 is 21.6 Å². The molecule has 0 fully saturated rings. The number of hydrogen-bond donors (Lipinski definition) is 0. The Labute approximate surface area is 122 Å². The molecular formula is C12H16N4O2S2. The molecule has 2 rings (SSSR count). The fraction of sp³-hybridized carbons (Fsp3) is 0.417. The number of pyridine rings is 1. The summed E-state index contributed by atoms with van der Waals surface area (Å²) in [7, 11) is -2.95. The molecule has 0 bridgehead atoms. The zero-order valence-electron chi connectivity index (χ0n) is 11.4. The molecular weight excluding hydrogens is 296 g/mol. The minimum absolute atomic E-state index is 0.138. The second-order valence-electron chi connectivity index (χ2n) is 4.26. The van der Waals surface area contributed by atoms with E-state index < -0.39 is 9.84 Å². The average molecular weight is 312 g/mol. The van der Waals surface area contributed by atoms with Gasteiger partial charge in [0.05, 0.1) is 5.75 Å². The molecule has 0 unspecified atom stereocenters. The van der Waals surface area contributed by atoms with E-state index in [1.54, 1.807) is 12.4 Å². The maximum absolute atomic E-state index is 11.1. The highest BCUT2D eigenvalue weighted by Crippen LogP contribution is 2.23.